The number of rotatable bonds is 5. The molecule has 4 N–H and O–H groups in total. The number of hydrogen-bond donors (Lipinski definition) is 3. The Labute approximate surface area is 185 Å². The van der Waals surface area contributed by atoms with E-state index < -0.39 is 0 Å². The molecule has 0 heterocycles. The molecule has 0 aliphatic heterocycles. The Morgan fingerprint density at radius 2 is 1.80 bits per heavy atom. The van der Waals surface area contributed by atoms with Crippen molar-refractivity contribution in [1.82, 2.24) is 10.6 Å². The molecular weight excluding hydrogens is 398 g/mol. The average molecular weight is 430 g/mol. The van der Waals surface area contributed by atoms with E-state index in [4.69, 9.17) is 5.73 Å². The van der Waals surface area contributed by atoms with Crippen molar-refractivity contribution >= 4 is 29.9 Å². The number of fused-ring (bicyclic) bond motifs is 1. The van der Waals surface area contributed by atoms with E-state index in [0.29, 0.717) is 12.1 Å². The zero-order valence-corrected chi connectivity index (χ0v) is 18.8. The van der Waals surface area contributed by atoms with Crippen LogP contribution in [-0.2, 0) is 16.6 Å². The monoisotopic (exact) mass is 429 g/mol. The van der Waals surface area contributed by atoms with Crippen LogP contribution in [0.5, 0.6) is 0 Å². The lowest BCUT2D eigenvalue weighted by atomic mass is 9.87. The Morgan fingerprint density at radius 3 is 2.47 bits per heavy atom. The van der Waals surface area contributed by atoms with Crippen LogP contribution in [0.4, 0.5) is 5.69 Å². The van der Waals surface area contributed by atoms with Gasteiger partial charge in [-0.2, -0.15) is 0 Å². The van der Waals surface area contributed by atoms with Crippen molar-refractivity contribution in [1.29, 1.82) is 0 Å². The first-order valence-corrected chi connectivity index (χ1v) is 10.3. The molecule has 0 bridgehead atoms. The van der Waals surface area contributed by atoms with Gasteiger partial charge in [0.1, 0.15) is 0 Å². The highest BCUT2D eigenvalue weighted by atomic mass is 35.5. The van der Waals surface area contributed by atoms with Crippen LogP contribution in [0.1, 0.15) is 73.1 Å². The first kappa shape index (κ1) is 23.7. The highest BCUT2D eigenvalue weighted by Gasteiger charge is 2.22. The van der Waals surface area contributed by atoms with Crippen LogP contribution in [0.25, 0.3) is 0 Å². The Kier molecular flexibility index (Phi) is 7.90. The Morgan fingerprint density at radius 1 is 1.10 bits per heavy atom. The first-order chi connectivity index (χ1) is 13.7. The van der Waals surface area contributed by atoms with Gasteiger partial charge >= 0.3 is 0 Å². The molecule has 0 saturated heterocycles. The van der Waals surface area contributed by atoms with Crippen molar-refractivity contribution in [3.8, 4) is 0 Å². The van der Waals surface area contributed by atoms with Gasteiger partial charge in [0, 0.05) is 24.2 Å². The highest BCUT2D eigenvalue weighted by molar-refractivity contribution is 5.94. The van der Waals surface area contributed by atoms with Gasteiger partial charge < -0.3 is 16.4 Å². The summed E-state index contributed by atoms with van der Waals surface area (Å²) in [5.41, 5.74) is 10.8. The Bertz CT molecular complexity index is 888. The summed E-state index contributed by atoms with van der Waals surface area (Å²) in [6.45, 7) is 6.73. The molecule has 162 valence electrons. The summed E-state index contributed by atoms with van der Waals surface area (Å²) in [5.74, 6) is -0.209. The fourth-order valence-corrected chi connectivity index (χ4v) is 3.76. The molecule has 6 heteroatoms. The summed E-state index contributed by atoms with van der Waals surface area (Å²) in [7, 11) is 0. The second-order valence-electron chi connectivity index (χ2n) is 8.80. The van der Waals surface area contributed by atoms with E-state index in [2.05, 4.69) is 31.4 Å². The fraction of sp³-hybridized carbons (Fsp3) is 0.417. The summed E-state index contributed by atoms with van der Waals surface area (Å²) >= 11 is 0. The predicted octanol–water partition coefficient (Wildman–Crippen LogP) is 4.30. The number of anilines is 1. The SMILES string of the molecule is CC(C)(C)c1ccc(C(=O)NCCC(=O)NC2CCCc3cc(N)ccc32)cc1.Cl. The van der Waals surface area contributed by atoms with E-state index in [1.165, 1.54) is 11.1 Å². The summed E-state index contributed by atoms with van der Waals surface area (Å²) in [4.78, 5) is 24.7. The number of nitrogens with two attached hydrogens (primary N) is 1. The summed E-state index contributed by atoms with van der Waals surface area (Å²) < 4.78 is 0. The molecule has 1 atom stereocenters. The van der Waals surface area contributed by atoms with Crippen molar-refractivity contribution in [2.75, 3.05) is 12.3 Å². The number of aryl methyl sites for hydroxylation is 1. The second-order valence-corrected chi connectivity index (χ2v) is 8.80. The molecule has 0 spiro atoms. The molecule has 0 saturated carbocycles. The molecule has 2 aromatic carbocycles. The number of amides is 2. The third-order valence-corrected chi connectivity index (χ3v) is 5.47. The number of nitrogens with one attached hydrogen (secondary N) is 2. The van der Waals surface area contributed by atoms with Crippen LogP contribution in [0.15, 0.2) is 42.5 Å². The molecule has 1 aliphatic rings. The Balaban J connectivity index is 0.00000320. The predicted molar refractivity (Wildman–Crippen MR) is 124 cm³/mol. The minimum absolute atomic E-state index is 0. The van der Waals surface area contributed by atoms with Gasteiger partial charge in [-0.25, -0.2) is 0 Å². The standard InChI is InChI=1S/C24H31N3O2.ClH/c1-24(2,3)18-9-7-16(8-10-18)23(29)26-14-13-22(28)27-21-6-4-5-17-15-19(25)11-12-20(17)21;/h7-12,15,21H,4-6,13-14,25H2,1-3H3,(H,26,29)(H,27,28);1H. The van der Waals surface area contributed by atoms with Gasteiger partial charge in [-0.15, -0.1) is 12.4 Å². The quantitative estimate of drug-likeness (QED) is 0.619. The van der Waals surface area contributed by atoms with Crippen LogP contribution < -0.4 is 16.4 Å². The number of carbonyl (C=O) groups excluding carboxylic acids is 2. The van der Waals surface area contributed by atoms with Gasteiger partial charge in [0.05, 0.1) is 6.04 Å². The van der Waals surface area contributed by atoms with E-state index in [9.17, 15) is 9.59 Å². The van der Waals surface area contributed by atoms with Gasteiger partial charge in [0.25, 0.3) is 5.91 Å². The minimum Gasteiger partial charge on any atom is -0.399 e. The Hall–Kier alpha value is -2.53. The van der Waals surface area contributed by atoms with Crippen molar-refractivity contribution in [2.24, 2.45) is 0 Å². The summed E-state index contributed by atoms with van der Waals surface area (Å²) in [6.07, 6.45) is 3.21. The third kappa shape index (κ3) is 5.99. The van der Waals surface area contributed by atoms with E-state index in [-0.39, 0.29) is 42.1 Å². The smallest absolute Gasteiger partial charge is 0.251 e. The number of carbonyl (C=O) groups is 2. The van der Waals surface area contributed by atoms with Crippen LogP contribution in [0.2, 0.25) is 0 Å². The van der Waals surface area contributed by atoms with E-state index in [0.717, 1.165) is 30.5 Å². The van der Waals surface area contributed by atoms with Gasteiger partial charge in [0.2, 0.25) is 5.91 Å². The molecule has 0 aromatic heterocycles. The molecule has 2 aromatic rings. The topological polar surface area (TPSA) is 84.2 Å². The van der Waals surface area contributed by atoms with Gasteiger partial charge in [-0.3, -0.25) is 9.59 Å². The minimum atomic E-state index is -0.156. The number of hydrogen-bond acceptors (Lipinski definition) is 3. The lowest BCUT2D eigenvalue weighted by Gasteiger charge is -2.26. The fourth-order valence-electron chi connectivity index (χ4n) is 3.76. The van der Waals surface area contributed by atoms with Gasteiger partial charge in [0.15, 0.2) is 0 Å². The van der Waals surface area contributed by atoms with E-state index in [1.807, 2.05) is 42.5 Å². The molecule has 5 nitrogen and oxygen atoms in total. The number of halogens is 1. The molecular formula is C24H32ClN3O2. The number of benzene rings is 2. The second kappa shape index (κ2) is 9.98. The maximum absolute atomic E-state index is 12.4. The lowest BCUT2D eigenvalue weighted by Crippen LogP contribution is -2.34. The molecule has 0 radical (unpaired) electrons. The molecule has 3 rings (SSSR count). The third-order valence-electron chi connectivity index (χ3n) is 5.47. The van der Waals surface area contributed by atoms with Gasteiger partial charge in [-0.1, -0.05) is 39.0 Å². The molecule has 1 aliphatic carbocycles. The van der Waals surface area contributed by atoms with Crippen molar-refractivity contribution in [3.05, 3.63) is 64.7 Å². The van der Waals surface area contributed by atoms with Crippen molar-refractivity contribution < 1.29 is 9.59 Å². The van der Waals surface area contributed by atoms with Crippen LogP contribution in [0, 0.1) is 0 Å². The van der Waals surface area contributed by atoms with Crippen molar-refractivity contribution in [2.45, 2.75) is 57.9 Å². The highest BCUT2D eigenvalue weighted by Crippen LogP contribution is 2.31. The number of nitrogen functional groups attached to an aromatic ring is 1. The molecule has 0 fully saturated rings. The zero-order valence-electron chi connectivity index (χ0n) is 18.0. The molecule has 2 amide bonds. The van der Waals surface area contributed by atoms with Crippen LogP contribution in [-0.4, -0.2) is 18.4 Å². The summed E-state index contributed by atoms with van der Waals surface area (Å²) in [6, 6.07) is 13.5. The molecule has 30 heavy (non-hydrogen) atoms. The van der Waals surface area contributed by atoms with Crippen LogP contribution >= 0.6 is 12.4 Å². The van der Waals surface area contributed by atoms with E-state index in [1.54, 1.807) is 0 Å². The lowest BCUT2D eigenvalue weighted by molar-refractivity contribution is -0.121. The van der Waals surface area contributed by atoms with Gasteiger partial charge in [-0.05, 0) is 65.6 Å². The normalized spacial score (nSPS) is 15.5. The summed E-state index contributed by atoms with van der Waals surface area (Å²) in [5, 5.41) is 5.94. The average Bonchev–Trinajstić information content (AvgIpc) is 2.67. The van der Waals surface area contributed by atoms with Crippen molar-refractivity contribution in [3.63, 3.8) is 0 Å². The largest absolute Gasteiger partial charge is 0.399 e. The van der Waals surface area contributed by atoms with Crippen LogP contribution in [0.3, 0.4) is 0 Å². The van der Waals surface area contributed by atoms with E-state index >= 15 is 0 Å². The maximum atomic E-state index is 12.4. The first-order valence-electron chi connectivity index (χ1n) is 10.3. The maximum Gasteiger partial charge on any atom is 0.251 e. The zero-order chi connectivity index (χ0) is 21.0. The molecule has 1 unspecified atom stereocenters.